The van der Waals surface area contributed by atoms with E-state index in [2.05, 4.69) is 0 Å². The van der Waals surface area contributed by atoms with E-state index in [4.69, 9.17) is 9.84 Å². The molecular formula is C12H14O4. The normalized spacial score (nSPS) is 11.9. The zero-order valence-electron chi connectivity index (χ0n) is 9.48. The van der Waals surface area contributed by atoms with Crippen LogP contribution in [0.2, 0.25) is 0 Å². The number of benzene rings is 1. The Labute approximate surface area is 93.9 Å². The van der Waals surface area contributed by atoms with Crippen molar-refractivity contribution in [3.63, 3.8) is 0 Å². The van der Waals surface area contributed by atoms with Crippen LogP contribution in [-0.2, 0) is 4.79 Å². The number of carbonyl (C=O) groups is 2. The first-order chi connectivity index (χ1) is 7.47. The molecule has 16 heavy (non-hydrogen) atoms. The summed E-state index contributed by atoms with van der Waals surface area (Å²) >= 11 is 0. The molecule has 0 aliphatic carbocycles. The van der Waals surface area contributed by atoms with Crippen molar-refractivity contribution in [3.05, 3.63) is 29.3 Å². The number of rotatable bonds is 4. The van der Waals surface area contributed by atoms with Gasteiger partial charge in [-0.2, -0.15) is 0 Å². The molecule has 0 radical (unpaired) electrons. The molecule has 0 bridgehead atoms. The number of carboxylic acid groups (broad SMARTS) is 1. The molecule has 4 nitrogen and oxygen atoms in total. The number of aliphatic carboxylic acids is 1. The van der Waals surface area contributed by atoms with E-state index in [9.17, 15) is 9.59 Å². The second-order valence-corrected chi connectivity index (χ2v) is 3.61. The molecule has 86 valence electrons. The van der Waals surface area contributed by atoms with Crippen molar-refractivity contribution >= 4 is 11.8 Å². The van der Waals surface area contributed by atoms with Crippen LogP contribution in [-0.4, -0.2) is 24.0 Å². The number of Topliss-reactive ketones (excluding diaryl/α,β-unsaturated/α-hetero) is 1. The molecule has 0 aromatic heterocycles. The van der Waals surface area contributed by atoms with Gasteiger partial charge in [0.05, 0.1) is 7.11 Å². The van der Waals surface area contributed by atoms with Gasteiger partial charge in [-0.3, -0.25) is 9.59 Å². The first-order valence-corrected chi connectivity index (χ1v) is 4.89. The highest BCUT2D eigenvalue weighted by Gasteiger charge is 2.22. The molecule has 1 aromatic carbocycles. The van der Waals surface area contributed by atoms with Gasteiger partial charge < -0.3 is 9.84 Å². The van der Waals surface area contributed by atoms with Crippen LogP contribution < -0.4 is 4.74 Å². The Morgan fingerprint density at radius 1 is 1.38 bits per heavy atom. The number of carbonyl (C=O) groups excluding carboxylic acids is 1. The quantitative estimate of drug-likeness (QED) is 0.624. The van der Waals surface area contributed by atoms with E-state index in [1.807, 2.05) is 0 Å². The molecule has 0 fully saturated rings. The van der Waals surface area contributed by atoms with Crippen LogP contribution in [0.25, 0.3) is 0 Å². The average molecular weight is 222 g/mol. The largest absolute Gasteiger partial charge is 0.496 e. The summed E-state index contributed by atoms with van der Waals surface area (Å²) in [4.78, 5) is 22.4. The van der Waals surface area contributed by atoms with Gasteiger partial charge in [-0.15, -0.1) is 0 Å². The second-order valence-electron chi connectivity index (χ2n) is 3.61. The summed E-state index contributed by atoms with van der Waals surface area (Å²) in [5.41, 5.74) is 1.21. The highest BCUT2D eigenvalue weighted by Crippen LogP contribution is 2.20. The molecule has 0 amide bonds. The van der Waals surface area contributed by atoms with Crippen molar-refractivity contribution < 1.29 is 19.4 Å². The van der Waals surface area contributed by atoms with Gasteiger partial charge in [-0.25, -0.2) is 0 Å². The van der Waals surface area contributed by atoms with Crippen LogP contribution in [0.5, 0.6) is 5.75 Å². The molecule has 1 N–H and O–H groups in total. The third kappa shape index (κ3) is 2.39. The molecule has 1 atom stereocenters. The molecule has 0 saturated heterocycles. The standard InChI is InChI=1S/C12H14O4/c1-7-6-9(4-5-10(7)16-3)11(13)8(2)12(14)15/h4-6,8H,1-3H3,(H,14,15). The van der Waals surface area contributed by atoms with Crippen molar-refractivity contribution in [2.24, 2.45) is 5.92 Å². The molecule has 0 spiro atoms. The lowest BCUT2D eigenvalue weighted by atomic mass is 9.98. The Kier molecular flexibility index (Phi) is 3.66. The molecular weight excluding hydrogens is 208 g/mol. The zero-order chi connectivity index (χ0) is 12.3. The van der Waals surface area contributed by atoms with Crippen LogP contribution >= 0.6 is 0 Å². The number of ether oxygens (including phenoxy) is 1. The summed E-state index contributed by atoms with van der Waals surface area (Å²) in [6.07, 6.45) is 0. The van der Waals surface area contributed by atoms with Crippen LogP contribution in [0.15, 0.2) is 18.2 Å². The summed E-state index contributed by atoms with van der Waals surface area (Å²) in [6, 6.07) is 4.88. The van der Waals surface area contributed by atoms with Gasteiger partial charge >= 0.3 is 5.97 Å². The summed E-state index contributed by atoms with van der Waals surface area (Å²) in [7, 11) is 1.55. The molecule has 0 saturated carbocycles. The van der Waals surface area contributed by atoms with Crippen molar-refractivity contribution in [1.82, 2.24) is 0 Å². The summed E-state index contributed by atoms with van der Waals surface area (Å²) in [6.45, 7) is 3.19. The van der Waals surface area contributed by atoms with E-state index in [1.54, 1.807) is 32.2 Å². The summed E-state index contributed by atoms with van der Waals surface area (Å²) in [5.74, 6) is -1.84. The maximum Gasteiger partial charge on any atom is 0.314 e. The minimum atomic E-state index is -1.11. The molecule has 1 rings (SSSR count). The molecule has 0 heterocycles. The Balaban J connectivity index is 3.02. The minimum absolute atomic E-state index is 0.391. The van der Waals surface area contributed by atoms with Crippen LogP contribution in [0.3, 0.4) is 0 Å². The fraction of sp³-hybridized carbons (Fsp3) is 0.333. The predicted molar refractivity (Wildman–Crippen MR) is 58.9 cm³/mol. The van der Waals surface area contributed by atoms with Crippen LogP contribution in [0, 0.1) is 12.8 Å². The van der Waals surface area contributed by atoms with E-state index in [-0.39, 0.29) is 0 Å². The third-order valence-corrected chi connectivity index (χ3v) is 2.44. The number of ketones is 1. The summed E-state index contributed by atoms with van der Waals surface area (Å²) in [5, 5.41) is 8.74. The van der Waals surface area contributed by atoms with Gasteiger partial charge in [-0.1, -0.05) is 0 Å². The predicted octanol–water partition coefficient (Wildman–Crippen LogP) is 1.91. The lowest BCUT2D eigenvalue weighted by Crippen LogP contribution is -2.20. The maximum absolute atomic E-state index is 11.7. The Hall–Kier alpha value is -1.84. The first-order valence-electron chi connectivity index (χ1n) is 4.89. The summed E-state index contributed by atoms with van der Waals surface area (Å²) < 4.78 is 5.06. The SMILES string of the molecule is COc1ccc(C(=O)C(C)C(=O)O)cc1C. The van der Waals surface area contributed by atoms with E-state index in [0.29, 0.717) is 11.3 Å². The number of hydrogen-bond donors (Lipinski definition) is 1. The maximum atomic E-state index is 11.7. The number of hydrogen-bond acceptors (Lipinski definition) is 3. The lowest BCUT2D eigenvalue weighted by molar-refractivity contribution is -0.139. The Bertz CT molecular complexity index is 423. The smallest absolute Gasteiger partial charge is 0.314 e. The lowest BCUT2D eigenvalue weighted by Gasteiger charge is -2.08. The van der Waals surface area contributed by atoms with E-state index >= 15 is 0 Å². The molecule has 1 unspecified atom stereocenters. The molecule has 1 aromatic rings. The number of methoxy groups -OCH3 is 1. The van der Waals surface area contributed by atoms with Crippen molar-refractivity contribution in [3.8, 4) is 5.75 Å². The van der Waals surface area contributed by atoms with Crippen molar-refractivity contribution in [1.29, 1.82) is 0 Å². The van der Waals surface area contributed by atoms with Crippen LogP contribution in [0.1, 0.15) is 22.8 Å². The van der Waals surface area contributed by atoms with Gasteiger partial charge in [-0.05, 0) is 37.6 Å². The van der Waals surface area contributed by atoms with Crippen molar-refractivity contribution in [2.75, 3.05) is 7.11 Å². The Morgan fingerprint density at radius 3 is 2.44 bits per heavy atom. The van der Waals surface area contributed by atoms with Gasteiger partial charge in [0.2, 0.25) is 0 Å². The van der Waals surface area contributed by atoms with E-state index in [0.717, 1.165) is 5.56 Å². The fourth-order valence-corrected chi connectivity index (χ4v) is 1.39. The zero-order valence-corrected chi connectivity index (χ0v) is 9.48. The average Bonchev–Trinajstić information content (AvgIpc) is 2.26. The number of aryl methyl sites for hydroxylation is 1. The van der Waals surface area contributed by atoms with Gasteiger partial charge in [0, 0.05) is 5.56 Å². The molecule has 4 heteroatoms. The van der Waals surface area contributed by atoms with Gasteiger partial charge in [0.1, 0.15) is 11.7 Å². The van der Waals surface area contributed by atoms with E-state index < -0.39 is 17.7 Å². The second kappa shape index (κ2) is 4.79. The fourth-order valence-electron chi connectivity index (χ4n) is 1.39. The van der Waals surface area contributed by atoms with Crippen LogP contribution in [0.4, 0.5) is 0 Å². The monoisotopic (exact) mass is 222 g/mol. The Morgan fingerprint density at radius 2 is 2.00 bits per heavy atom. The first kappa shape index (κ1) is 12.2. The molecule has 0 aliphatic rings. The third-order valence-electron chi connectivity index (χ3n) is 2.44. The van der Waals surface area contributed by atoms with Crippen molar-refractivity contribution in [2.45, 2.75) is 13.8 Å². The van der Waals surface area contributed by atoms with Gasteiger partial charge in [0.25, 0.3) is 0 Å². The highest BCUT2D eigenvalue weighted by molar-refractivity contribution is 6.08. The number of carboxylic acids is 1. The minimum Gasteiger partial charge on any atom is -0.496 e. The van der Waals surface area contributed by atoms with E-state index in [1.165, 1.54) is 6.92 Å². The van der Waals surface area contributed by atoms with Gasteiger partial charge in [0.15, 0.2) is 5.78 Å². The molecule has 0 aliphatic heterocycles. The topological polar surface area (TPSA) is 63.6 Å². The highest BCUT2D eigenvalue weighted by atomic mass is 16.5.